The summed E-state index contributed by atoms with van der Waals surface area (Å²) in [5.41, 5.74) is 1.68. The standard InChI is InChI=1S/C23H16N2O4S/c1-29-17-11-12-18-19(13-17)30-23(24-18)25-22(28)16-9-7-15(8-10-16)21(27)20(26)14-5-3-2-4-6-14/h2-13H,1H3,(H,24,25,28). The van der Waals surface area contributed by atoms with Gasteiger partial charge >= 0.3 is 0 Å². The molecule has 0 saturated heterocycles. The normalized spacial score (nSPS) is 10.6. The summed E-state index contributed by atoms with van der Waals surface area (Å²) in [6.45, 7) is 0. The van der Waals surface area contributed by atoms with Gasteiger partial charge in [0.1, 0.15) is 5.75 Å². The fourth-order valence-corrected chi connectivity index (χ4v) is 3.77. The molecule has 0 spiro atoms. The maximum absolute atomic E-state index is 12.5. The number of nitrogens with one attached hydrogen (secondary N) is 1. The second kappa shape index (κ2) is 8.26. The molecule has 6 nitrogen and oxygen atoms in total. The van der Waals surface area contributed by atoms with Crippen molar-refractivity contribution in [3.63, 3.8) is 0 Å². The number of benzene rings is 3. The van der Waals surface area contributed by atoms with Crippen LogP contribution in [0.25, 0.3) is 10.2 Å². The second-order valence-electron chi connectivity index (χ2n) is 6.41. The lowest BCUT2D eigenvalue weighted by molar-refractivity contribution is 0.0817. The third-order valence-corrected chi connectivity index (χ3v) is 5.40. The van der Waals surface area contributed by atoms with Crippen molar-refractivity contribution in [1.29, 1.82) is 0 Å². The van der Waals surface area contributed by atoms with Crippen LogP contribution in [0.5, 0.6) is 5.75 Å². The van der Waals surface area contributed by atoms with Crippen LogP contribution in [-0.4, -0.2) is 29.6 Å². The molecule has 0 unspecified atom stereocenters. The maximum Gasteiger partial charge on any atom is 0.257 e. The Morgan fingerprint density at radius 2 is 1.47 bits per heavy atom. The molecule has 3 aromatic carbocycles. The predicted molar refractivity (Wildman–Crippen MR) is 116 cm³/mol. The largest absolute Gasteiger partial charge is 0.497 e. The topological polar surface area (TPSA) is 85.4 Å². The summed E-state index contributed by atoms with van der Waals surface area (Å²) in [7, 11) is 1.59. The number of carbonyl (C=O) groups is 3. The number of ketones is 2. The SMILES string of the molecule is COc1ccc2nc(NC(=O)c3ccc(C(=O)C(=O)c4ccccc4)cc3)sc2c1. The number of rotatable bonds is 6. The van der Waals surface area contributed by atoms with Crippen molar-refractivity contribution in [2.75, 3.05) is 12.4 Å². The van der Waals surface area contributed by atoms with Crippen molar-refractivity contribution < 1.29 is 19.1 Å². The Hall–Kier alpha value is -3.84. The lowest BCUT2D eigenvalue weighted by Gasteiger charge is -2.04. The smallest absolute Gasteiger partial charge is 0.257 e. The van der Waals surface area contributed by atoms with Gasteiger partial charge in [0.25, 0.3) is 5.91 Å². The number of thiazole rings is 1. The molecule has 1 aromatic heterocycles. The van der Waals surface area contributed by atoms with Crippen LogP contribution < -0.4 is 10.1 Å². The summed E-state index contributed by atoms with van der Waals surface area (Å²) in [6.07, 6.45) is 0. The van der Waals surface area contributed by atoms with Gasteiger partial charge in [-0.2, -0.15) is 0 Å². The highest BCUT2D eigenvalue weighted by atomic mass is 32.1. The van der Waals surface area contributed by atoms with Crippen LogP contribution >= 0.6 is 11.3 Å². The van der Waals surface area contributed by atoms with Gasteiger partial charge in [-0.1, -0.05) is 53.8 Å². The van der Waals surface area contributed by atoms with Crippen molar-refractivity contribution in [1.82, 2.24) is 4.98 Å². The first-order chi connectivity index (χ1) is 14.5. The van der Waals surface area contributed by atoms with E-state index in [4.69, 9.17) is 4.74 Å². The third kappa shape index (κ3) is 3.97. The zero-order chi connectivity index (χ0) is 21.1. The minimum absolute atomic E-state index is 0.229. The van der Waals surface area contributed by atoms with Crippen LogP contribution in [0, 0.1) is 0 Å². The number of fused-ring (bicyclic) bond motifs is 1. The van der Waals surface area contributed by atoms with Gasteiger partial charge in [-0.3, -0.25) is 19.7 Å². The van der Waals surface area contributed by atoms with E-state index in [0.29, 0.717) is 22.0 Å². The molecule has 1 N–H and O–H groups in total. The number of ether oxygens (including phenoxy) is 1. The lowest BCUT2D eigenvalue weighted by Crippen LogP contribution is -2.15. The van der Waals surface area contributed by atoms with Crippen molar-refractivity contribution in [3.05, 3.63) is 89.5 Å². The average molecular weight is 416 g/mol. The van der Waals surface area contributed by atoms with Crippen molar-refractivity contribution in [3.8, 4) is 5.75 Å². The minimum atomic E-state index is -0.617. The molecular formula is C23H16N2O4S. The zero-order valence-electron chi connectivity index (χ0n) is 15.9. The first-order valence-electron chi connectivity index (χ1n) is 9.05. The molecule has 0 atom stereocenters. The van der Waals surface area contributed by atoms with Gasteiger partial charge in [0.2, 0.25) is 11.6 Å². The molecule has 4 aromatic rings. The number of carbonyl (C=O) groups excluding carboxylic acids is 3. The number of nitrogens with zero attached hydrogens (tertiary/aromatic N) is 1. The highest BCUT2D eigenvalue weighted by Gasteiger charge is 2.18. The molecule has 1 amide bonds. The van der Waals surface area contributed by atoms with Crippen LogP contribution in [0.3, 0.4) is 0 Å². The predicted octanol–water partition coefficient (Wildman–Crippen LogP) is 4.62. The van der Waals surface area contributed by atoms with E-state index in [1.807, 2.05) is 12.1 Å². The summed E-state index contributed by atoms with van der Waals surface area (Å²) >= 11 is 1.34. The highest BCUT2D eigenvalue weighted by Crippen LogP contribution is 2.29. The van der Waals surface area contributed by atoms with Crippen molar-refractivity contribution in [2.24, 2.45) is 0 Å². The molecule has 0 aliphatic carbocycles. The van der Waals surface area contributed by atoms with Gasteiger partial charge in [-0.15, -0.1) is 0 Å². The Labute approximate surface area is 176 Å². The molecule has 148 valence electrons. The van der Waals surface area contributed by atoms with E-state index < -0.39 is 11.6 Å². The molecule has 0 aliphatic heterocycles. The number of Topliss-reactive ketones (excluding diaryl/α,β-unsaturated/α-hetero) is 2. The van der Waals surface area contributed by atoms with Gasteiger partial charge in [-0.05, 0) is 30.3 Å². The molecule has 0 saturated carbocycles. The fourth-order valence-electron chi connectivity index (χ4n) is 2.88. The molecule has 0 bridgehead atoms. The molecule has 7 heteroatoms. The van der Waals surface area contributed by atoms with Crippen molar-refractivity contribution in [2.45, 2.75) is 0 Å². The fraction of sp³-hybridized carbons (Fsp3) is 0.0435. The Kier molecular flexibility index (Phi) is 5.36. The zero-order valence-corrected chi connectivity index (χ0v) is 16.7. The first kappa shape index (κ1) is 19.5. The summed E-state index contributed by atoms with van der Waals surface area (Å²) in [5.74, 6) is -0.838. The number of hydrogen-bond donors (Lipinski definition) is 1. The van der Waals surface area contributed by atoms with Crippen LogP contribution in [-0.2, 0) is 0 Å². The van der Waals surface area contributed by atoms with E-state index in [1.54, 1.807) is 43.5 Å². The molecule has 0 fully saturated rings. The van der Waals surface area contributed by atoms with E-state index in [9.17, 15) is 14.4 Å². The number of hydrogen-bond acceptors (Lipinski definition) is 6. The van der Waals surface area contributed by atoms with Crippen LogP contribution in [0.15, 0.2) is 72.8 Å². The third-order valence-electron chi connectivity index (χ3n) is 4.47. The van der Waals surface area contributed by atoms with Gasteiger partial charge in [0.15, 0.2) is 5.13 Å². The number of aromatic nitrogens is 1. The summed E-state index contributed by atoms with van der Waals surface area (Å²) in [6, 6.07) is 19.8. The van der Waals surface area contributed by atoms with Crippen LogP contribution in [0.4, 0.5) is 5.13 Å². The maximum atomic E-state index is 12.5. The Balaban J connectivity index is 1.48. The summed E-state index contributed by atoms with van der Waals surface area (Å²) in [5, 5.41) is 3.22. The monoisotopic (exact) mass is 416 g/mol. The lowest BCUT2D eigenvalue weighted by atomic mass is 10.0. The summed E-state index contributed by atoms with van der Waals surface area (Å²) in [4.78, 5) is 41.6. The van der Waals surface area contributed by atoms with E-state index in [2.05, 4.69) is 10.3 Å². The van der Waals surface area contributed by atoms with Gasteiger partial charge in [0.05, 0.1) is 17.3 Å². The van der Waals surface area contributed by atoms with Crippen molar-refractivity contribution >= 4 is 44.2 Å². The van der Waals surface area contributed by atoms with Crippen LogP contribution in [0.2, 0.25) is 0 Å². The van der Waals surface area contributed by atoms with E-state index in [0.717, 1.165) is 10.2 Å². The molecule has 0 radical (unpaired) electrons. The number of amides is 1. The van der Waals surface area contributed by atoms with Gasteiger partial charge in [-0.25, -0.2) is 4.98 Å². The minimum Gasteiger partial charge on any atom is -0.497 e. The second-order valence-corrected chi connectivity index (χ2v) is 7.44. The number of anilines is 1. The average Bonchev–Trinajstić information content (AvgIpc) is 3.20. The first-order valence-corrected chi connectivity index (χ1v) is 9.87. The van der Waals surface area contributed by atoms with Gasteiger partial charge in [0, 0.05) is 16.7 Å². The highest BCUT2D eigenvalue weighted by molar-refractivity contribution is 7.22. The Morgan fingerprint density at radius 3 is 2.13 bits per heavy atom. The van der Waals surface area contributed by atoms with Gasteiger partial charge < -0.3 is 4.74 Å². The quantitative estimate of drug-likeness (QED) is 0.366. The Morgan fingerprint density at radius 1 is 0.833 bits per heavy atom. The molecule has 30 heavy (non-hydrogen) atoms. The van der Waals surface area contributed by atoms with E-state index in [1.165, 1.54) is 35.6 Å². The number of methoxy groups -OCH3 is 1. The Bertz CT molecular complexity index is 1250. The summed E-state index contributed by atoms with van der Waals surface area (Å²) < 4.78 is 6.09. The van der Waals surface area contributed by atoms with E-state index >= 15 is 0 Å². The van der Waals surface area contributed by atoms with Crippen LogP contribution in [0.1, 0.15) is 31.1 Å². The molecular weight excluding hydrogens is 400 g/mol. The molecule has 0 aliphatic rings. The molecule has 4 rings (SSSR count). The van der Waals surface area contributed by atoms with E-state index in [-0.39, 0.29) is 11.5 Å². The molecule has 1 heterocycles.